The maximum atomic E-state index is 9.00. The van der Waals surface area contributed by atoms with Crippen molar-refractivity contribution in [3.8, 4) is 22.5 Å². The average molecular weight is 414 g/mol. The summed E-state index contributed by atoms with van der Waals surface area (Å²) in [6.07, 6.45) is 0. The molecule has 8 heteroatoms. The lowest BCUT2D eigenvalue weighted by Gasteiger charge is -2.05. The van der Waals surface area contributed by atoms with Crippen LogP contribution in [0.4, 0.5) is 0 Å². The quantitative estimate of drug-likeness (QED) is 0.221. The highest BCUT2D eigenvalue weighted by molar-refractivity contribution is 5.98. The van der Waals surface area contributed by atoms with Gasteiger partial charge in [-0.2, -0.15) is 0 Å². The van der Waals surface area contributed by atoms with E-state index in [2.05, 4.69) is 16.0 Å². The number of aromatic nitrogens is 2. The smallest absolute Gasteiger partial charge is 0.300 e. The highest BCUT2D eigenvalue weighted by atomic mass is 16.4. The van der Waals surface area contributed by atoms with Gasteiger partial charge in [-0.1, -0.05) is 42.5 Å². The number of imidazole rings is 1. The zero-order valence-corrected chi connectivity index (χ0v) is 16.8. The first-order valence-corrected chi connectivity index (χ1v) is 9.33. The first-order valence-electron chi connectivity index (χ1n) is 9.33. The molecule has 156 valence electrons. The van der Waals surface area contributed by atoms with Crippen molar-refractivity contribution in [2.75, 3.05) is 0 Å². The lowest BCUT2D eigenvalue weighted by molar-refractivity contribution is -0.134. The Morgan fingerprint density at radius 1 is 0.871 bits per heavy atom. The Hall–Kier alpha value is -4.46. The van der Waals surface area contributed by atoms with E-state index in [1.165, 1.54) is 0 Å². The number of nitrogens with two attached hydrogens (primary N) is 2. The first kappa shape index (κ1) is 21.3. The van der Waals surface area contributed by atoms with Crippen LogP contribution in [0.25, 0.3) is 33.5 Å². The highest BCUT2D eigenvalue weighted by Crippen LogP contribution is 2.27. The van der Waals surface area contributed by atoms with Crippen LogP contribution >= 0.6 is 0 Å². The Balaban J connectivity index is 0.000000628. The standard InChI is InChI=1S/C21H18N6.C2H4O2/c22-19(23)13-6-4-12(5-7-13)14-2-1-3-16(10-14)21-26-17-9-8-15(20(24)25)11-18(17)27-21;1-2(3)4/h1-11H,(H3,22,23)(H3,24,25)(H,26,27);1H3,(H,3,4). The predicted octanol–water partition coefficient (Wildman–Crippen LogP) is 3.56. The van der Waals surface area contributed by atoms with Crippen molar-refractivity contribution >= 4 is 28.7 Å². The monoisotopic (exact) mass is 414 g/mol. The van der Waals surface area contributed by atoms with Gasteiger partial charge in [0.15, 0.2) is 0 Å². The van der Waals surface area contributed by atoms with Crippen molar-refractivity contribution in [1.82, 2.24) is 9.97 Å². The molecule has 1 heterocycles. The maximum absolute atomic E-state index is 9.00. The third kappa shape index (κ3) is 5.13. The van der Waals surface area contributed by atoms with Crippen molar-refractivity contribution in [3.05, 3.63) is 77.9 Å². The van der Waals surface area contributed by atoms with Gasteiger partial charge in [0, 0.05) is 23.6 Å². The number of rotatable bonds is 4. The maximum Gasteiger partial charge on any atom is 0.300 e. The summed E-state index contributed by atoms with van der Waals surface area (Å²) in [7, 11) is 0. The largest absolute Gasteiger partial charge is 0.481 e. The molecule has 0 saturated carbocycles. The summed E-state index contributed by atoms with van der Waals surface area (Å²) in [5, 5.41) is 22.5. The van der Waals surface area contributed by atoms with E-state index in [9.17, 15) is 0 Å². The van der Waals surface area contributed by atoms with Gasteiger partial charge in [0.25, 0.3) is 5.97 Å². The Bertz CT molecular complexity index is 1270. The Labute approximate surface area is 178 Å². The fourth-order valence-electron chi connectivity index (χ4n) is 3.00. The van der Waals surface area contributed by atoms with Gasteiger partial charge < -0.3 is 21.6 Å². The molecule has 0 aliphatic rings. The van der Waals surface area contributed by atoms with Crippen LogP contribution in [0.2, 0.25) is 0 Å². The van der Waals surface area contributed by atoms with E-state index in [0.717, 1.165) is 40.5 Å². The number of benzene rings is 3. The van der Waals surface area contributed by atoms with E-state index in [0.29, 0.717) is 11.1 Å². The molecule has 0 saturated heterocycles. The Kier molecular flexibility index (Phi) is 6.11. The van der Waals surface area contributed by atoms with E-state index >= 15 is 0 Å². The van der Waals surface area contributed by atoms with Crippen LogP contribution in [0.15, 0.2) is 66.7 Å². The molecular formula is C23H22N6O2. The highest BCUT2D eigenvalue weighted by Gasteiger charge is 2.08. The second kappa shape index (κ2) is 8.91. The number of aromatic amines is 1. The summed E-state index contributed by atoms with van der Waals surface area (Å²) in [6.45, 7) is 1.08. The van der Waals surface area contributed by atoms with Gasteiger partial charge >= 0.3 is 0 Å². The molecule has 4 aromatic rings. The summed E-state index contributed by atoms with van der Waals surface area (Å²) >= 11 is 0. The normalized spacial score (nSPS) is 10.2. The molecular weight excluding hydrogens is 392 g/mol. The summed E-state index contributed by atoms with van der Waals surface area (Å²) in [4.78, 5) is 17.0. The van der Waals surface area contributed by atoms with Gasteiger partial charge in [0.2, 0.25) is 0 Å². The molecule has 0 aliphatic heterocycles. The number of carbonyl (C=O) groups is 1. The number of H-pyrrole nitrogens is 1. The number of fused-ring (bicyclic) bond motifs is 1. The molecule has 4 rings (SSSR count). The summed E-state index contributed by atoms with van der Waals surface area (Å²) in [6, 6.07) is 21.2. The molecule has 0 unspecified atom stereocenters. The second-order valence-electron chi connectivity index (χ2n) is 6.82. The van der Waals surface area contributed by atoms with Crippen LogP contribution < -0.4 is 11.5 Å². The molecule has 8 N–H and O–H groups in total. The number of carboxylic acids is 1. The predicted molar refractivity (Wildman–Crippen MR) is 122 cm³/mol. The number of nitrogens with one attached hydrogen (secondary N) is 3. The molecule has 8 nitrogen and oxygen atoms in total. The lowest BCUT2D eigenvalue weighted by Crippen LogP contribution is -2.10. The third-order valence-electron chi connectivity index (χ3n) is 4.46. The summed E-state index contributed by atoms with van der Waals surface area (Å²) < 4.78 is 0. The summed E-state index contributed by atoms with van der Waals surface area (Å²) in [5.74, 6) is 0.00729. The van der Waals surface area contributed by atoms with Gasteiger partial charge in [-0.3, -0.25) is 15.6 Å². The Morgan fingerprint density at radius 2 is 1.45 bits per heavy atom. The molecule has 3 aromatic carbocycles. The molecule has 0 amide bonds. The number of nitrogen functional groups attached to an aromatic ring is 2. The fraction of sp³-hybridized carbons (Fsp3) is 0.0435. The van der Waals surface area contributed by atoms with Crippen LogP contribution in [-0.2, 0) is 4.79 Å². The van der Waals surface area contributed by atoms with Gasteiger partial charge in [-0.15, -0.1) is 0 Å². The van der Waals surface area contributed by atoms with Crippen molar-refractivity contribution in [2.24, 2.45) is 11.5 Å². The van der Waals surface area contributed by atoms with Crippen LogP contribution in [-0.4, -0.2) is 32.7 Å². The molecule has 0 spiro atoms. The molecule has 0 bridgehead atoms. The van der Waals surface area contributed by atoms with Crippen LogP contribution in [0.1, 0.15) is 18.1 Å². The van der Waals surface area contributed by atoms with Gasteiger partial charge in [-0.05, 0) is 35.4 Å². The zero-order valence-electron chi connectivity index (χ0n) is 16.8. The summed E-state index contributed by atoms with van der Waals surface area (Å²) in [5.41, 5.74) is 17.1. The SMILES string of the molecule is CC(=O)O.N=C(N)c1ccc(-c2cccc(-c3nc4cc(C(=N)N)ccc4[nH]3)c2)cc1. The van der Waals surface area contributed by atoms with E-state index in [1.807, 2.05) is 54.6 Å². The van der Waals surface area contributed by atoms with Crippen LogP contribution in [0.5, 0.6) is 0 Å². The topological polar surface area (TPSA) is 166 Å². The van der Waals surface area contributed by atoms with E-state index in [-0.39, 0.29) is 11.7 Å². The van der Waals surface area contributed by atoms with E-state index in [1.54, 1.807) is 6.07 Å². The minimum absolute atomic E-state index is 0.0254. The molecule has 0 radical (unpaired) electrons. The molecule has 0 aliphatic carbocycles. The number of carboxylic acid groups (broad SMARTS) is 1. The first-order chi connectivity index (χ1) is 14.7. The number of hydrogen-bond acceptors (Lipinski definition) is 4. The molecule has 1 aromatic heterocycles. The second-order valence-corrected chi connectivity index (χ2v) is 6.82. The third-order valence-corrected chi connectivity index (χ3v) is 4.46. The minimum Gasteiger partial charge on any atom is -0.481 e. The van der Waals surface area contributed by atoms with Crippen molar-refractivity contribution in [3.63, 3.8) is 0 Å². The van der Waals surface area contributed by atoms with Gasteiger partial charge in [-0.25, -0.2) is 4.98 Å². The molecule has 31 heavy (non-hydrogen) atoms. The van der Waals surface area contributed by atoms with E-state index in [4.69, 9.17) is 32.2 Å². The average Bonchev–Trinajstić information content (AvgIpc) is 3.17. The Morgan fingerprint density at radius 3 is 2.06 bits per heavy atom. The van der Waals surface area contributed by atoms with Crippen molar-refractivity contribution in [2.45, 2.75) is 6.92 Å². The van der Waals surface area contributed by atoms with Gasteiger partial charge in [0.1, 0.15) is 17.5 Å². The van der Waals surface area contributed by atoms with E-state index < -0.39 is 5.97 Å². The molecule has 0 fully saturated rings. The van der Waals surface area contributed by atoms with Crippen LogP contribution in [0, 0.1) is 10.8 Å². The number of hydrogen-bond donors (Lipinski definition) is 6. The van der Waals surface area contributed by atoms with Gasteiger partial charge in [0.05, 0.1) is 11.0 Å². The van der Waals surface area contributed by atoms with Crippen molar-refractivity contribution < 1.29 is 9.90 Å². The minimum atomic E-state index is -0.833. The number of amidine groups is 2. The fourth-order valence-corrected chi connectivity index (χ4v) is 3.00. The lowest BCUT2D eigenvalue weighted by atomic mass is 10.0. The zero-order chi connectivity index (χ0) is 22.5. The van der Waals surface area contributed by atoms with Crippen molar-refractivity contribution in [1.29, 1.82) is 10.8 Å². The number of nitrogens with zero attached hydrogens (tertiary/aromatic N) is 1. The number of aliphatic carboxylic acids is 1. The molecule has 0 atom stereocenters. The van der Waals surface area contributed by atoms with Crippen LogP contribution in [0.3, 0.4) is 0 Å².